The van der Waals surface area contributed by atoms with E-state index in [0.29, 0.717) is 36.3 Å². The number of aromatic amines is 1. The molecule has 0 aromatic carbocycles. The van der Waals surface area contributed by atoms with Crippen molar-refractivity contribution in [3.05, 3.63) is 59.2 Å². The predicted molar refractivity (Wildman–Crippen MR) is 125 cm³/mol. The van der Waals surface area contributed by atoms with Gasteiger partial charge in [-0.05, 0) is 50.3 Å². The van der Waals surface area contributed by atoms with Gasteiger partial charge in [0, 0.05) is 29.6 Å². The number of carbonyl (C=O) groups excluding carboxylic acids is 2. The van der Waals surface area contributed by atoms with Crippen molar-refractivity contribution in [1.29, 1.82) is 0 Å². The van der Waals surface area contributed by atoms with Gasteiger partial charge in [-0.15, -0.1) is 0 Å². The van der Waals surface area contributed by atoms with Crippen molar-refractivity contribution in [3.63, 3.8) is 0 Å². The fourth-order valence-corrected chi connectivity index (χ4v) is 4.87. The summed E-state index contributed by atoms with van der Waals surface area (Å²) in [5.41, 5.74) is 1.67. The second-order valence-corrected chi connectivity index (χ2v) is 9.38. The van der Waals surface area contributed by atoms with Gasteiger partial charge in [-0.1, -0.05) is 0 Å². The highest BCUT2D eigenvalue weighted by atomic mass is 19.1. The van der Waals surface area contributed by atoms with E-state index >= 15 is 0 Å². The van der Waals surface area contributed by atoms with E-state index in [2.05, 4.69) is 25.5 Å². The maximum Gasteiger partial charge on any atom is 0.274 e. The standard InChI is InChI=1S/C25H26F2N6O3/c1-14-7-16(26)11-28-21(14)13-30-23(34)15-3-6-33(25(10-15)4-5-25)24(35)20-9-19(31-32-20)17-8-22(36-2)29-12-18(17)27/h7-9,11-12,15H,3-6,10,13H2,1-2H3,(H,30,34)(H,31,32)/t15-/m0/s1. The molecule has 5 rings (SSSR count). The lowest BCUT2D eigenvalue weighted by Gasteiger charge is -2.39. The third-order valence-electron chi connectivity index (χ3n) is 7.05. The Bertz CT molecular complexity index is 1320. The summed E-state index contributed by atoms with van der Waals surface area (Å²) in [4.78, 5) is 35.9. The van der Waals surface area contributed by atoms with Crippen molar-refractivity contribution in [1.82, 2.24) is 30.4 Å². The zero-order chi connectivity index (χ0) is 25.4. The fourth-order valence-electron chi connectivity index (χ4n) is 4.87. The maximum absolute atomic E-state index is 14.3. The van der Waals surface area contributed by atoms with Gasteiger partial charge in [-0.3, -0.25) is 19.7 Å². The lowest BCUT2D eigenvalue weighted by atomic mass is 9.88. The SMILES string of the molecule is COc1cc(-c2cc(C(=O)N3CC[C@H](C(=O)NCc4ncc(F)cc4C)CC34CC4)n[nH]2)c(F)cn1. The van der Waals surface area contributed by atoms with E-state index < -0.39 is 11.6 Å². The number of carbonyl (C=O) groups is 2. The topological polar surface area (TPSA) is 113 Å². The number of ether oxygens (including phenoxy) is 1. The summed E-state index contributed by atoms with van der Waals surface area (Å²) < 4.78 is 32.6. The largest absolute Gasteiger partial charge is 0.481 e. The van der Waals surface area contributed by atoms with Gasteiger partial charge in [-0.25, -0.2) is 13.8 Å². The Balaban J connectivity index is 1.24. The summed E-state index contributed by atoms with van der Waals surface area (Å²) in [5, 5.41) is 9.78. The number of piperidine rings is 1. The monoisotopic (exact) mass is 496 g/mol. The molecule has 9 nitrogen and oxygen atoms in total. The Morgan fingerprint density at radius 3 is 2.75 bits per heavy atom. The van der Waals surface area contributed by atoms with Crippen LogP contribution in [0.25, 0.3) is 11.3 Å². The van der Waals surface area contributed by atoms with E-state index in [9.17, 15) is 18.4 Å². The van der Waals surface area contributed by atoms with E-state index in [4.69, 9.17) is 4.74 Å². The Morgan fingerprint density at radius 1 is 1.22 bits per heavy atom. The summed E-state index contributed by atoms with van der Waals surface area (Å²) in [7, 11) is 1.44. The Hall–Kier alpha value is -3.89. The fraction of sp³-hybridized carbons (Fsp3) is 0.400. The highest BCUT2D eigenvalue weighted by Gasteiger charge is 2.54. The van der Waals surface area contributed by atoms with Crippen molar-refractivity contribution in [2.75, 3.05) is 13.7 Å². The van der Waals surface area contributed by atoms with Crippen molar-refractivity contribution < 1.29 is 23.1 Å². The number of halogens is 2. The molecule has 2 N–H and O–H groups in total. The van der Waals surface area contributed by atoms with Crippen LogP contribution in [0.3, 0.4) is 0 Å². The summed E-state index contributed by atoms with van der Waals surface area (Å²) >= 11 is 0. The number of hydrogen-bond donors (Lipinski definition) is 2. The van der Waals surface area contributed by atoms with E-state index in [1.54, 1.807) is 11.8 Å². The molecule has 2 aliphatic rings. The van der Waals surface area contributed by atoms with Crippen molar-refractivity contribution in [2.24, 2.45) is 5.92 Å². The zero-order valence-electron chi connectivity index (χ0n) is 20.0. The van der Waals surface area contributed by atoms with Gasteiger partial charge in [-0.2, -0.15) is 5.10 Å². The molecule has 1 aliphatic heterocycles. The number of nitrogens with zero attached hydrogens (tertiary/aromatic N) is 4. The summed E-state index contributed by atoms with van der Waals surface area (Å²) in [6.07, 6.45) is 4.90. The first kappa shape index (κ1) is 23.8. The molecule has 1 atom stereocenters. The third kappa shape index (κ3) is 4.52. The molecule has 1 spiro atoms. The summed E-state index contributed by atoms with van der Waals surface area (Å²) in [5.74, 6) is -1.30. The molecule has 2 amide bonds. The molecular formula is C25H26F2N6O3. The highest BCUT2D eigenvalue weighted by Crippen LogP contribution is 2.50. The van der Waals surface area contributed by atoms with Crippen LogP contribution in [0.4, 0.5) is 8.78 Å². The number of pyridine rings is 2. The lowest BCUT2D eigenvalue weighted by molar-refractivity contribution is -0.127. The second-order valence-electron chi connectivity index (χ2n) is 9.38. The van der Waals surface area contributed by atoms with Crippen LogP contribution in [0.2, 0.25) is 0 Å². The van der Waals surface area contributed by atoms with Crippen LogP contribution in [0, 0.1) is 24.5 Å². The van der Waals surface area contributed by atoms with Gasteiger partial charge in [0.15, 0.2) is 11.5 Å². The van der Waals surface area contributed by atoms with Gasteiger partial charge in [0.1, 0.15) is 5.82 Å². The van der Waals surface area contributed by atoms with Crippen LogP contribution in [-0.4, -0.2) is 56.1 Å². The van der Waals surface area contributed by atoms with Crippen LogP contribution < -0.4 is 10.1 Å². The molecular weight excluding hydrogens is 470 g/mol. The molecule has 1 aliphatic carbocycles. The average molecular weight is 497 g/mol. The number of nitrogens with one attached hydrogen (secondary N) is 2. The lowest BCUT2D eigenvalue weighted by Crippen LogP contribution is -2.50. The number of amides is 2. The number of rotatable bonds is 6. The van der Waals surface area contributed by atoms with E-state index in [1.807, 2.05) is 0 Å². The minimum atomic E-state index is -0.560. The molecule has 36 heavy (non-hydrogen) atoms. The molecule has 2 fully saturated rings. The van der Waals surface area contributed by atoms with Crippen LogP contribution >= 0.6 is 0 Å². The molecule has 11 heteroatoms. The van der Waals surface area contributed by atoms with Gasteiger partial charge < -0.3 is 15.0 Å². The normalized spacial score (nSPS) is 18.2. The van der Waals surface area contributed by atoms with Crippen molar-refractivity contribution in [2.45, 2.75) is 44.7 Å². The Labute approximate surface area is 206 Å². The first-order chi connectivity index (χ1) is 17.3. The predicted octanol–water partition coefficient (Wildman–Crippen LogP) is 3.16. The minimum absolute atomic E-state index is 0.0944. The molecule has 0 radical (unpaired) electrons. The van der Waals surface area contributed by atoms with E-state index in [0.717, 1.165) is 25.2 Å². The molecule has 3 aromatic rings. The summed E-state index contributed by atoms with van der Waals surface area (Å²) in [6.45, 7) is 2.40. The smallest absolute Gasteiger partial charge is 0.274 e. The van der Waals surface area contributed by atoms with E-state index in [1.165, 1.54) is 25.3 Å². The van der Waals surface area contributed by atoms with Crippen molar-refractivity contribution in [3.8, 4) is 17.1 Å². The zero-order valence-corrected chi connectivity index (χ0v) is 20.0. The van der Waals surface area contributed by atoms with Crippen LogP contribution in [0.15, 0.2) is 30.6 Å². The second kappa shape index (κ2) is 9.29. The molecule has 1 saturated heterocycles. The Kier molecular flexibility index (Phi) is 6.15. The Morgan fingerprint density at radius 2 is 2.03 bits per heavy atom. The van der Waals surface area contributed by atoms with Gasteiger partial charge >= 0.3 is 0 Å². The third-order valence-corrected chi connectivity index (χ3v) is 7.05. The van der Waals surface area contributed by atoms with E-state index in [-0.39, 0.29) is 47.0 Å². The first-order valence-corrected chi connectivity index (χ1v) is 11.8. The van der Waals surface area contributed by atoms with Crippen molar-refractivity contribution >= 4 is 11.8 Å². The maximum atomic E-state index is 14.3. The number of hydrogen-bond acceptors (Lipinski definition) is 6. The highest BCUT2D eigenvalue weighted by molar-refractivity contribution is 5.94. The first-order valence-electron chi connectivity index (χ1n) is 11.8. The van der Waals surface area contributed by atoms with Crippen LogP contribution in [-0.2, 0) is 11.3 Å². The van der Waals surface area contributed by atoms with Gasteiger partial charge in [0.05, 0.1) is 37.4 Å². The molecule has 188 valence electrons. The molecule has 3 aromatic heterocycles. The average Bonchev–Trinajstić information content (AvgIpc) is 3.44. The number of H-pyrrole nitrogens is 1. The minimum Gasteiger partial charge on any atom is -0.481 e. The van der Waals surface area contributed by atoms with Crippen LogP contribution in [0.5, 0.6) is 5.88 Å². The number of likely N-dealkylation sites (tertiary alicyclic amines) is 1. The molecule has 0 unspecified atom stereocenters. The van der Waals surface area contributed by atoms with Gasteiger partial charge in [0.2, 0.25) is 11.8 Å². The molecule has 1 saturated carbocycles. The number of aromatic nitrogens is 4. The summed E-state index contributed by atoms with van der Waals surface area (Å²) in [6, 6.07) is 4.34. The molecule has 4 heterocycles. The molecule has 0 bridgehead atoms. The number of aryl methyl sites for hydroxylation is 1. The number of methoxy groups -OCH3 is 1. The van der Waals surface area contributed by atoms with Crippen LogP contribution in [0.1, 0.15) is 47.4 Å². The quantitative estimate of drug-likeness (QED) is 0.542. The van der Waals surface area contributed by atoms with Gasteiger partial charge in [0.25, 0.3) is 5.91 Å².